The van der Waals surface area contributed by atoms with Crippen molar-refractivity contribution in [1.29, 1.82) is 0 Å². The minimum Gasteiger partial charge on any atom is -0.419 e. The summed E-state index contributed by atoms with van der Waals surface area (Å²) in [7, 11) is 0. The van der Waals surface area contributed by atoms with Gasteiger partial charge in [-0.3, -0.25) is 9.69 Å². The van der Waals surface area contributed by atoms with E-state index in [1.165, 1.54) is 0 Å². The minimum atomic E-state index is 0.0881. The second kappa shape index (κ2) is 8.81. The fourth-order valence-electron chi connectivity index (χ4n) is 4.21. The molecule has 0 spiro atoms. The minimum absolute atomic E-state index is 0.0881. The molecule has 0 radical (unpaired) electrons. The first-order valence-corrected chi connectivity index (χ1v) is 10.6. The molecule has 0 N–H and O–H groups in total. The smallest absolute Gasteiger partial charge is 0.249 e. The van der Waals surface area contributed by atoms with Crippen molar-refractivity contribution in [3.05, 3.63) is 35.2 Å². The topological polar surface area (TPSA) is 71.7 Å². The number of rotatable bonds is 4. The maximum Gasteiger partial charge on any atom is 0.249 e. The van der Waals surface area contributed by atoms with Crippen LogP contribution in [0.4, 0.5) is 0 Å². The summed E-state index contributed by atoms with van der Waals surface area (Å²) in [4.78, 5) is 17.1. The monoisotopic (exact) mass is 418 g/mol. The van der Waals surface area contributed by atoms with Crippen molar-refractivity contribution in [2.75, 3.05) is 26.2 Å². The number of carbonyl (C=O) groups is 1. The van der Waals surface area contributed by atoms with Crippen LogP contribution >= 0.6 is 11.6 Å². The zero-order valence-corrected chi connectivity index (χ0v) is 17.6. The molecular formula is C21H27ClN4O3. The van der Waals surface area contributed by atoms with Gasteiger partial charge in [-0.2, -0.15) is 0 Å². The first-order valence-electron chi connectivity index (χ1n) is 10.2. The van der Waals surface area contributed by atoms with E-state index < -0.39 is 0 Å². The van der Waals surface area contributed by atoms with Gasteiger partial charge in [0.2, 0.25) is 17.7 Å². The largest absolute Gasteiger partial charge is 0.419 e. The number of nitrogens with zero attached hydrogens (tertiary/aromatic N) is 4. The molecule has 2 aliphatic heterocycles. The summed E-state index contributed by atoms with van der Waals surface area (Å²) >= 11 is 6.21. The van der Waals surface area contributed by atoms with Crippen LogP contribution in [0, 0.1) is 5.92 Å². The Balaban J connectivity index is 1.30. The van der Waals surface area contributed by atoms with E-state index in [-0.39, 0.29) is 24.0 Å². The van der Waals surface area contributed by atoms with E-state index in [4.69, 9.17) is 20.8 Å². The van der Waals surface area contributed by atoms with Crippen molar-refractivity contribution in [3.8, 4) is 11.5 Å². The number of hydrogen-bond donors (Lipinski definition) is 0. The first kappa shape index (κ1) is 20.3. The Morgan fingerprint density at radius 1 is 1.14 bits per heavy atom. The number of morpholine rings is 1. The van der Waals surface area contributed by atoms with Gasteiger partial charge in [0.05, 0.1) is 29.3 Å². The molecular weight excluding hydrogens is 392 g/mol. The van der Waals surface area contributed by atoms with Gasteiger partial charge in [-0.05, 0) is 51.9 Å². The highest BCUT2D eigenvalue weighted by Gasteiger charge is 2.32. The predicted molar refractivity (Wildman–Crippen MR) is 109 cm³/mol. The molecule has 2 atom stereocenters. The number of piperidine rings is 1. The molecule has 2 aliphatic rings. The molecule has 0 bridgehead atoms. The molecule has 2 saturated heterocycles. The normalized spacial score (nSPS) is 24.0. The molecule has 156 valence electrons. The Bertz CT molecular complexity index is 840. The number of benzene rings is 1. The quantitative estimate of drug-likeness (QED) is 0.759. The van der Waals surface area contributed by atoms with Crippen LogP contribution in [0.15, 0.2) is 28.7 Å². The first-order chi connectivity index (χ1) is 14.0. The third kappa shape index (κ3) is 4.79. The predicted octanol–water partition coefficient (Wildman–Crippen LogP) is 3.24. The molecule has 1 aromatic carbocycles. The summed E-state index contributed by atoms with van der Waals surface area (Å²) in [5.74, 6) is 1.36. The van der Waals surface area contributed by atoms with Crippen LogP contribution in [0.1, 0.15) is 32.6 Å². The number of likely N-dealkylation sites (tertiary alicyclic amines) is 1. The Labute approximate surface area is 176 Å². The van der Waals surface area contributed by atoms with E-state index in [1.54, 1.807) is 6.07 Å². The van der Waals surface area contributed by atoms with E-state index >= 15 is 0 Å². The molecule has 1 amide bonds. The highest BCUT2D eigenvalue weighted by Crippen LogP contribution is 2.27. The number of ether oxygens (including phenoxy) is 1. The summed E-state index contributed by atoms with van der Waals surface area (Å²) in [5.41, 5.74) is 0.742. The number of carbonyl (C=O) groups excluding carboxylic acids is 1. The molecule has 29 heavy (non-hydrogen) atoms. The lowest BCUT2D eigenvalue weighted by atomic mass is 9.94. The molecule has 2 aromatic rings. The SMILES string of the molecule is CC1CN(C(=O)C2CCN(Cc3nnc(-c4ccccc4Cl)o3)CC2)CC(C)O1. The van der Waals surface area contributed by atoms with Gasteiger partial charge in [-0.1, -0.05) is 23.7 Å². The van der Waals surface area contributed by atoms with Crippen molar-refractivity contribution in [2.45, 2.75) is 45.4 Å². The van der Waals surface area contributed by atoms with Crippen LogP contribution in [0.2, 0.25) is 5.02 Å². The maximum atomic E-state index is 12.9. The van der Waals surface area contributed by atoms with Gasteiger partial charge in [-0.15, -0.1) is 10.2 Å². The van der Waals surface area contributed by atoms with Gasteiger partial charge < -0.3 is 14.1 Å². The number of amides is 1. The van der Waals surface area contributed by atoms with Crippen molar-refractivity contribution < 1.29 is 13.9 Å². The van der Waals surface area contributed by atoms with E-state index in [0.29, 0.717) is 36.4 Å². The van der Waals surface area contributed by atoms with Gasteiger partial charge in [0.1, 0.15) is 0 Å². The van der Waals surface area contributed by atoms with Crippen LogP contribution < -0.4 is 0 Å². The summed E-state index contributed by atoms with van der Waals surface area (Å²) in [6.45, 7) is 7.71. The Hall–Kier alpha value is -1.96. The standard InChI is InChI=1S/C21H27ClN4O3/c1-14-11-26(12-15(2)28-14)21(27)16-7-9-25(10-8-16)13-19-23-24-20(29-19)17-5-3-4-6-18(17)22/h3-6,14-16H,7-13H2,1-2H3. The number of hydrogen-bond acceptors (Lipinski definition) is 6. The zero-order chi connectivity index (χ0) is 20.4. The van der Waals surface area contributed by atoms with Crippen LogP contribution in [0.25, 0.3) is 11.5 Å². The van der Waals surface area contributed by atoms with E-state index in [9.17, 15) is 4.79 Å². The van der Waals surface area contributed by atoms with Gasteiger partial charge in [0.15, 0.2) is 0 Å². The van der Waals surface area contributed by atoms with E-state index in [2.05, 4.69) is 15.1 Å². The highest BCUT2D eigenvalue weighted by molar-refractivity contribution is 6.33. The van der Waals surface area contributed by atoms with E-state index in [0.717, 1.165) is 31.5 Å². The van der Waals surface area contributed by atoms with Gasteiger partial charge in [0.25, 0.3) is 0 Å². The van der Waals surface area contributed by atoms with Gasteiger partial charge >= 0.3 is 0 Å². The van der Waals surface area contributed by atoms with Crippen LogP contribution in [-0.4, -0.2) is 64.3 Å². The van der Waals surface area contributed by atoms with Gasteiger partial charge in [-0.25, -0.2) is 0 Å². The molecule has 2 unspecified atom stereocenters. The van der Waals surface area contributed by atoms with Crippen molar-refractivity contribution >= 4 is 17.5 Å². The zero-order valence-electron chi connectivity index (χ0n) is 16.9. The van der Waals surface area contributed by atoms with Crippen LogP contribution in [0.5, 0.6) is 0 Å². The average molecular weight is 419 g/mol. The fourth-order valence-corrected chi connectivity index (χ4v) is 4.42. The molecule has 3 heterocycles. The molecule has 1 aromatic heterocycles. The van der Waals surface area contributed by atoms with Crippen molar-refractivity contribution in [3.63, 3.8) is 0 Å². The Morgan fingerprint density at radius 3 is 2.52 bits per heavy atom. The molecule has 0 saturated carbocycles. The Kier molecular flexibility index (Phi) is 6.18. The summed E-state index contributed by atoms with van der Waals surface area (Å²) in [6.07, 6.45) is 1.91. The third-order valence-electron chi connectivity index (χ3n) is 5.60. The van der Waals surface area contributed by atoms with E-state index in [1.807, 2.05) is 36.9 Å². The van der Waals surface area contributed by atoms with Crippen LogP contribution in [-0.2, 0) is 16.1 Å². The van der Waals surface area contributed by atoms with Crippen molar-refractivity contribution in [2.24, 2.45) is 5.92 Å². The van der Waals surface area contributed by atoms with Gasteiger partial charge in [0, 0.05) is 19.0 Å². The summed E-state index contributed by atoms with van der Waals surface area (Å²) in [5, 5.41) is 8.89. The third-order valence-corrected chi connectivity index (χ3v) is 5.93. The molecule has 7 nitrogen and oxygen atoms in total. The van der Waals surface area contributed by atoms with Crippen molar-refractivity contribution in [1.82, 2.24) is 20.0 Å². The lowest BCUT2D eigenvalue weighted by Crippen LogP contribution is -2.51. The second-order valence-corrected chi connectivity index (χ2v) is 8.44. The average Bonchev–Trinajstić information content (AvgIpc) is 3.16. The second-order valence-electron chi connectivity index (χ2n) is 8.03. The summed E-state index contributed by atoms with van der Waals surface area (Å²) < 4.78 is 11.6. The van der Waals surface area contributed by atoms with Crippen LogP contribution in [0.3, 0.4) is 0 Å². The highest BCUT2D eigenvalue weighted by atomic mass is 35.5. The number of aromatic nitrogens is 2. The molecule has 8 heteroatoms. The molecule has 4 rings (SSSR count). The maximum absolute atomic E-state index is 12.9. The fraction of sp³-hybridized carbons (Fsp3) is 0.571. The lowest BCUT2D eigenvalue weighted by Gasteiger charge is -2.39. The molecule has 0 aliphatic carbocycles. The lowest BCUT2D eigenvalue weighted by molar-refractivity contribution is -0.149. The molecule has 2 fully saturated rings. The Morgan fingerprint density at radius 2 is 1.83 bits per heavy atom. The summed E-state index contributed by atoms with van der Waals surface area (Å²) in [6, 6.07) is 7.43. The number of halogens is 1.